The predicted octanol–water partition coefficient (Wildman–Crippen LogP) is -0.445. The summed E-state index contributed by atoms with van der Waals surface area (Å²) in [5.74, 6) is -4.83. The van der Waals surface area contributed by atoms with Crippen LogP contribution >= 0.6 is 0 Å². The normalized spacial score (nSPS) is 22.2. The summed E-state index contributed by atoms with van der Waals surface area (Å²) in [6, 6.07) is -1.55. The van der Waals surface area contributed by atoms with Gasteiger partial charge < -0.3 is 54.0 Å². The number of hydrogen-bond donors (Lipinski definition) is 10. The summed E-state index contributed by atoms with van der Waals surface area (Å²) in [7, 11) is 0. The topological polar surface area (TPSA) is 281 Å². The molecule has 0 saturated heterocycles. The third kappa shape index (κ3) is 14.1. The first-order valence-electron chi connectivity index (χ1n) is 17.1. The van der Waals surface area contributed by atoms with Gasteiger partial charge in [-0.1, -0.05) is 38.1 Å². The number of carboxylic acids is 1. The number of carbonyl (C=O) groups is 6. The first-order valence-corrected chi connectivity index (χ1v) is 17.1. The van der Waals surface area contributed by atoms with Gasteiger partial charge in [0.2, 0.25) is 29.5 Å². The van der Waals surface area contributed by atoms with Crippen molar-refractivity contribution in [3.05, 3.63) is 42.0 Å². The fourth-order valence-electron chi connectivity index (χ4n) is 5.32. The molecule has 0 bridgehead atoms. The van der Waals surface area contributed by atoms with Crippen LogP contribution in [0.4, 0.5) is 0 Å². The molecule has 0 saturated carbocycles. The second-order valence-electron chi connectivity index (χ2n) is 12.9. The maximum Gasteiger partial charge on any atom is 0.326 e. The van der Waals surface area contributed by atoms with Gasteiger partial charge in [-0.15, -0.1) is 0 Å². The average Bonchev–Trinajstić information content (AvgIpc) is 3.06. The van der Waals surface area contributed by atoms with E-state index in [2.05, 4.69) is 26.6 Å². The zero-order valence-electron chi connectivity index (χ0n) is 28.9. The van der Waals surface area contributed by atoms with Crippen LogP contribution in [0.3, 0.4) is 0 Å². The molecule has 5 amide bonds. The summed E-state index contributed by atoms with van der Waals surface area (Å²) < 4.78 is 0. The first kappa shape index (κ1) is 41.6. The maximum atomic E-state index is 13.9. The Labute approximate surface area is 292 Å². The molecule has 0 aromatic heterocycles. The molecule has 1 aliphatic heterocycles. The van der Waals surface area contributed by atoms with Crippen molar-refractivity contribution in [3.8, 4) is 5.75 Å². The summed E-state index contributed by atoms with van der Waals surface area (Å²) in [5, 5.41) is 32.8. The van der Waals surface area contributed by atoms with E-state index in [-0.39, 0.29) is 49.3 Å². The largest absolute Gasteiger partial charge is 0.508 e. The zero-order chi connectivity index (χ0) is 37.2. The number of phenolic OH excluding ortho intramolecular Hbond substituents is 1. The summed E-state index contributed by atoms with van der Waals surface area (Å²) in [6.07, 6.45) is 5.92. The number of carbonyl (C=O) groups excluding carboxylic acids is 5. The monoisotopic (exact) mass is 702 g/mol. The lowest BCUT2D eigenvalue weighted by molar-refractivity contribution is -0.143. The number of benzene rings is 1. The Hall–Kier alpha value is -4.54. The highest BCUT2D eigenvalue weighted by atomic mass is 16.4. The van der Waals surface area contributed by atoms with Crippen LogP contribution in [-0.2, 0) is 28.8 Å². The van der Waals surface area contributed by atoms with Crippen molar-refractivity contribution in [2.45, 2.75) is 108 Å². The summed E-state index contributed by atoms with van der Waals surface area (Å²) in [5.41, 5.74) is 17.6. The number of amides is 5. The summed E-state index contributed by atoms with van der Waals surface area (Å²) >= 11 is 0. The van der Waals surface area contributed by atoms with E-state index in [1.54, 1.807) is 26.0 Å². The van der Waals surface area contributed by atoms with Crippen molar-refractivity contribution in [2.24, 2.45) is 23.1 Å². The fourth-order valence-corrected chi connectivity index (χ4v) is 5.32. The van der Waals surface area contributed by atoms with E-state index < -0.39 is 71.8 Å². The predicted molar refractivity (Wildman–Crippen MR) is 186 cm³/mol. The molecular formula is C34H54N8O8. The van der Waals surface area contributed by atoms with Crippen molar-refractivity contribution in [1.82, 2.24) is 26.6 Å². The smallest absolute Gasteiger partial charge is 0.326 e. The van der Waals surface area contributed by atoms with Crippen molar-refractivity contribution in [1.29, 1.82) is 0 Å². The third-order valence-electron chi connectivity index (χ3n) is 8.15. The summed E-state index contributed by atoms with van der Waals surface area (Å²) in [4.78, 5) is 79.4. The highest BCUT2D eigenvalue weighted by molar-refractivity contribution is 5.96. The molecule has 1 aliphatic rings. The lowest BCUT2D eigenvalue weighted by Gasteiger charge is -2.27. The Morgan fingerprint density at radius 1 is 0.820 bits per heavy atom. The average molecular weight is 703 g/mol. The first-order chi connectivity index (χ1) is 23.8. The van der Waals surface area contributed by atoms with E-state index in [0.717, 1.165) is 0 Å². The molecule has 0 unspecified atom stereocenters. The van der Waals surface area contributed by atoms with Crippen LogP contribution in [-0.4, -0.2) is 89.0 Å². The molecule has 6 atom stereocenters. The van der Waals surface area contributed by atoms with Gasteiger partial charge in [-0.05, 0) is 94.5 Å². The van der Waals surface area contributed by atoms with Gasteiger partial charge in [-0.25, -0.2) is 4.79 Å². The van der Waals surface area contributed by atoms with Crippen LogP contribution in [0.25, 0.3) is 0 Å². The highest BCUT2D eigenvalue weighted by Crippen LogP contribution is 2.19. The molecular weight excluding hydrogens is 648 g/mol. The van der Waals surface area contributed by atoms with E-state index in [0.29, 0.717) is 38.8 Å². The number of unbranched alkanes of at least 4 members (excludes halogenated alkanes) is 2. The van der Waals surface area contributed by atoms with Gasteiger partial charge in [0.15, 0.2) is 0 Å². The summed E-state index contributed by atoms with van der Waals surface area (Å²) in [6.45, 7) is 4.36. The molecule has 50 heavy (non-hydrogen) atoms. The lowest BCUT2D eigenvalue weighted by Crippen LogP contribution is -2.58. The van der Waals surface area contributed by atoms with Gasteiger partial charge >= 0.3 is 5.97 Å². The molecule has 13 N–H and O–H groups in total. The Balaban J connectivity index is 2.45. The Bertz CT molecular complexity index is 1320. The van der Waals surface area contributed by atoms with E-state index >= 15 is 0 Å². The van der Waals surface area contributed by atoms with Crippen LogP contribution in [0.2, 0.25) is 0 Å². The van der Waals surface area contributed by atoms with Gasteiger partial charge in [-0.2, -0.15) is 0 Å². The molecule has 1 aromatic rings. The van der Waals surface area contributed by atoms with Gasteiger partial charge in [0.25, 0.3) is 0 Å². The molecule has 2 rings (SSSR count). The number of rotatable bonds is 16. The lowest BCUT2D eigenvalue weighted by atomic mass is 10.0. The molecule has 0 fully saturated rings. The standard InChI is InChI=1S/C34H54N8O8/c1-20(2)19-27(34(49)50)41-33(48)28(21-13-15-22(43)16-14-21)42-32(47)26-10-4-3-9-23(37)29(44)38-24(11-5-7-17-35)30(45)39-25(31(46)40-26)12-6-8-18-36/h3-4,13-16,20,23-28,43H,5-12,17-19,35-37H2,1-2H3,(H,38,44)(H,39,45)(H,40,46)(H,41,48)(H,42,47)(H,49,50)/b4-3+/t23-,24-,25-,26-,27-,28-/m0/s1. The Kier molecular flexibility index (Phi) is 17.9. The van der Waals surface area contributed by atoms with Crippen molar-refractivity contribution in [3.63, 3.8) is 0 Å². The third-order valence-corrected chi connectivity index (χ3v) is 8.15. The fraction of sp³-hybridized carbons (Fsp3) is 0.588. The maximum absolute atomic E-state index is 13.9. The number of carboxylic acid groups (broad SMARTS) is 1. The van der Waals surface area contributed by atoms with Crippen LogP contribution in [0, 0.1) is 5.92 Å². The molecule has 16 nitrogen and oxygen atoms in total. The number of nitrogens with two attached hydrogens (primary N) is 3. The molecule has 0 aliphatic carbocycles. The molecule has 0 radical (unpaired) electrons. The molecule has 1 aromatic carbocycles. The van der Waals surface area contributed by atoms with E-state index in [1.165, 1.54) is 24.3 Å². The number of aromatic hydroxyl groups is 1. The SMILES string of the molecule is CC(C)C[C@H](NC(=O)[C@@H](NC(=O)[C@@H]1C/C=C/C[C@H](N)C(=O)N[C@@H](CCCCN)C(=O)N[C@@H](CCCCN)C(=O)N1)c1ccc(O)cc1)C(=O)O. The van der Waals surface area contributed by atoms with Crippen LogP contribution in [0.1, 0.15) is 83.2 Å². The molecule has 1 heterocycles. The van der Waals surface area contributed by atoms with Crippen LogP contribution < -0.4 is 43.8 Å². The van der Waals surface area contributed by atoms with Gasteiger partial charge in [-0.3, -0.25) is 24.0 Å². The van der Waals surface area contributed by atoms with Crippen LogP contribution in [0.5, 0.6) is 5.75 Å². The Morgan fingerprint density at radius 3 is 1.90 bits per heavy atom. The van der Waals surface area contributed by atoms with Crippen molar-refractivity contribution < 1.29 is 39.0 Å². The minimum absolute atomic E-state index is 0.0662. The number of hydrogen-bond acceptors (Lipinski definition) is 10. The number of phenols is 1. The molecule has 0 spiro atoms. The van der Waals surface area contributed by atoms with Crippen molar-refractivity contribution >= 4 is 35.5 Å². The highest BCUT2D eigenvalue weighted by Gasteiger charge is 2.33. The molecule has 16 heteroatoms. The number of nitrogens with one attached hydrogen (secondary N) is 5. The van der Waals surface area contributed by atoms with Gasteiger partial charge in [0.1, 0.15) is 36.0 Å². The van der Waals surface area contributed by atoms with Gasteiger partial charge in [0.05, 0.1) is 6.04 Å². The van der Waals surface area contributed by atoms with E-state index in [1.807, 2.05) is 0 Å². The van der Waals surface area contributed by atoms with E-state index in [9.17, 15) is 39.0 Å². The van der Waals surface area contributed by atoms with E-state index in [4.69, 9.17) is 17.2 Å². The minimum Gasteiger partial charge on any atom is -0.508 e. The zero-order valence-corrected chi connectivity index (χ0v) is 28.9. The second-order valence-corrected chi connectivity index (χ2v) is 12.9. The second kappa shape index (κ2) is 21.5. The Morgan fingerprint density at radius 2 is 1.36 bits per heavy atom. The van der Waals surface area contributed by atoms with Crippen molar-refractivity contribution in [2.75, 3.05) is 13.1 Å². The quantitative estimate of drug-likeness (QED) is 0.0778. The van der Waals surface area contributed by atoms with Gasteiger partial charge in [0, 0.05) is 0 Å². The molecule has 278 valence electrons. The van der Waals surface area contributed by atoms with Crippen LogP contribution in [0.15, 0.2) is 36.4 Å². The number of aliphatic carboxylic acids is 1. The minimum atomic E-state index is -1.41.